The van der Waals surface area contributed by atoms with Gasteiger partial charge >= 0.3 is 5.97 Å². The molecule has 26 heavy (non-hydrogen) atoms. The van der Waals surface area contributed by atoms with E-state index in [-0.39, 0.29) is 10.3 Å². The molecular formula is C19H20N2O4S. The summed E-state index contributed by atoms with van der Waals surface area (Å²) in [5.74, 6) is -2.30. The van der Waals surface area contributed by atoms with E-state index in [2.05, 4.69) is 30.7 Å². The maximum atomic E-state index is 12.1. The third-order valence-corrected chi connectivity index (χ3v) is 5.77. The number of fused-ring (bicyclic) bond motifs is 1. The van der Waals surface area contributed by atoms with E-state index in [1.54, 1.807) is 12.3 Å². The summed E-state index contributed by atoms with van der Waals surface area (Å²) in [6.45, 7) is 6.37. The lowest BCUT2D eigenvalue weighted by Gasteiger charge is -2.19. The molecule has 6 nitrogen and oxygen atoms in total. The molecule has 2 heterocycles. The van der Waals surface area contributed by atoms with Gasteiger partial charge in [-0.15, -0.1) is 0 Å². The van der Waals surface area contributed by atoms with E-state index in [0.717, 1.165) is 22.5 Å². The van der Waals surface area contributed by atoms with Crippen molar-refractivity contribution in [2.75, 3.05) is 5.75 Å². The number of H-pyrrole nitrogens is 1. The van der Waals surface area contributed by atoms with Crippen LogP contribution >= 0.6 is 0 Å². The van der Waals surface area contributed by atoms with Crippen LogP contribution in [-0.2, 0) is 20.0 Å². The van der Waals surface area contributed by atoms with Crippen LogP contribution in [-0.4, -0.2) is 35.2 Å². The van der Waals surface area contributed by atoms with Gasteiger partial charge in [0.05, 0.1) is 16.3 Å². The van der Waals surface area contributed by atoms with Gasteiger partial charge in [-0.2, -0.15) is 0 Å². The fourth-order valence-corrected chi connectivity index (χ4v) is 3.81. The summed E-state index contributed by atoms with van der Waals surface area (Å²) in [6.07, 6.45) is 1.75. The average molecular weight is 372 g/mol. The number of carboxylic acid groups (broad SMARTS) is 1. The van der Waals surface area contributed by atoms with Gasteiger partial charge in [0.1, 0.15) is 0 Å². The SMILES string of the molecule is CC(C)(C)c1ccnc(-c2cc3cc(S(=O)(=O)CC(=O)O)ccc3[nH]2)c1. The van der Waals surface area contributed by atoms with Gasteiger partial charge in [-0.1, -0.05) is 20.8 Å². The summed E-state index contributed by atoms with van der Waals surface area (Å²) in [6, 6.07) is 10.3. The lowest BCUT2D eigenvalue weighted by molar-refractivity contribution is -0.134. The van der Waals surface area contributed by atoms with Crippen molar-refractivity contribution in [3.63, 3.8) is 0 Å². The Balaban J connectivity index is 2.05. The second kappa shape index (κ2) is 6.25. The number of hydrogen-bond acceptors (Lipinski definition) is 4. The number of hydrogen-bond donors (Lipinski definition) is 2. The number of sulfone groups is 1. The van der Waals surface area contributed by atoms with Crippen LogP contribution in [0.15, 0.2) is 47.5 Å². The number of carboxylic acids is 1. The molecule has 0 bridgehead atoms. The molecular weight excluding hydrogens is 352 g/mol. The van der Waals surface area contributed by atoms with Gasteiger partial charge in [0.25, 0.3) is 0 Å². The number of rotatable bonds is 4. The molecule has 0 unspecified atom stereocenters. The highest BCUT2D eigenvalue weighted by Gasteiger charge is 2.20. The second-order valence-corrected chi connectivity index (χ2v) is 9.25. The Hall–Kier alpha value is -2.67. The van der Waals surface area contributed by atoms with Crippen LogP contribution in [0.5, 0.6) is 0 Å². The topological polar surface area (TPSA) is 100 Å². The quantitative estimate of drug-likeness (QED) is 0.731. The number of aromatic amines is 1. The molecule has 0 spiro atoms. The highest BCUT2D eigenvalue weighted by Crippen LogP contribution is 2.28. The molecule has 0 radical (unpaired) electrons. The minimum absolute atomic E-state index is 0.00523. The van der Waals surface area contributed by atoms with Crippen molar-refractivity contribution in [2.24, 2.45) is 0 Å². The molecule has 2 aromatic heterocycles. The lowest BCUT2D eigenvalue weighted by atomic mass is 9.87. The highest BCUT2D eigenvalue weighted by atomic mass is 32.2. The lowest BCUT2D eigenvalue weighted by Crippen LogP contribution is -2.15. The largest absolute Gasteiger partial charge is 0.480 e. The molecule has 136 valence electrons. The Bertz CT molecular complexity index is 1090. The zero-order chi connectivity index (χ0) is 19.1. The normalized spacial score (nSPS) is 12.4. The monoisotopic (exact) mass is 372 g/mol. The smallest absolute Gasteiger partial charge is 0.319 e. The van der Waals surface area contributed by atoms with E-state index in [9.17, 15) is 13.2 Å². The Morgan fingerprint density at radius 1 is 1.15 bits per heavy atom. The van der Waals surface area contributed by atoms with Crippen molar-refractivity contribution >= 4 is 26.7 Å². The number of aliphatic carboxylic acids is 1. The molecule has 0 amide bonds. The third kappa shape index (κ3) is 3.62. The molecule has 0 atom stereocenters. The van der Waals surface area contributed by atoms with E-state index in [0.29, 0.717) is 5.39 Å². The molecule has 0 saturated heterocycles. The highest BCUT2D eigenvalue weighted by molar-refractivity contribution is 7.92. The fourth-order valence-electron chi connectivity index (χ4n) is 2.73. The van der Waals surface area contributed by atoms with E-state index in [1.807, 2.05) is 18.2 Å². The first-order valence-electron chi connectivity index (χ1n) is 8.10. The van der Waals surface area contributed by atoms with Crippen molar-refractivity contribution in [1.82, 2.24) is 9.97 Å². The van der Waals surface area contributed by atoms with E-state index in [1.165, 1.54) is 12.1 Å². The van der Waals surface area contributed by atoms with Crippen LogP contribution < -0.4 is 0 Å². The summed E-state index contributed by atoms with van der Waals surface area (Å²) in [5.41, 5.74) is 3.44. The first-order valence-corrected chi connectivity index (χ1v) is 9.76. The first-order chi connectivity index (χ1) is 12.1. The van der Waals surface area contributed by atoms with Gasteiger partial charge in [-0.25, -0.2) is 8.42 Å². The van der Waals surface area contributed by atoms with Gasteiger partial charge in [-0.3, -0.25) is 9.78 Å². The molecule has 3 rings (SSSR count). The van der Waals surface area contributed by atoms with Crippen LogP contribution in [0.1, 0.15) is 26.3 Å². The minimum Gasteiger partial charge on any atom is -0.480 e. The maximum Gasteiger partial charge on any atom is 0.319 e. The summed E-state index contributed by atoms with van der Waals surface area (Å²) in [7, 11) is -3.86. The van der Waals surface area contributed by atoms with Crippen LogP contribution in [0.25, 0.3) is 22.3 Å². The zero-order valence-electron chi connectivity index (χ0n) is 14.8. The van der Waals surface area contributed by atoms with Crippen molar-refractivity contribution in [3.8, 4) is 11.4 Å². The van der Waals surface area contributed by atoms with Crippen LogP contribution in [0.3, 0.4) is 0 Å². The Morgan fingerprint density at radius 3 is 2.54 bits per heavy atom. The van der Waals surface area contributed by atoms with Crippen molar-refractivity contribution in [2.45, 2.75) is 31.1 Å². The number of pyridine rings is 1. The van der Waals surface area contributed by atoms with Crippen molar-refractivity contribution in [1.29, 1.82) is 0 Å². The Morgan fingerprint density at radius 2 is 1.88 bits per heavy atom. The Kier molecular flexibility index (Phi) is 4.36. The summed E-state index contributed by atoms with van der Waals surface area (Å²) in [4.78, 5) is 18.4. The predicted octanol–water partition coefficient (Wildman–Crippen LogP) is 3.39. The second-order valence-electron chi connectivity index (χ2n) is 7.26. The van der Waals surface area contributed by atoms with Gasteiger partial charge in [0, 0.05) is 17.1 Å². The first kappa shape index (κ1) is 18.1. The summed E-state index contributed by atoms with van der Waals surface area (Å²) in [5, 5.41) is 9.46. The standard InChI is InChI=1S/C19H20N2O4S/c1-19(2,3)13-6-7-20-16(10-13)17-9-12-8-14(4-5-15(12)21-17)26(24,25)11-18(22)23/h4-10,21H,11H2,1-3H3,(H,22,23). The minimum atomic E-state index is -3.86. The molecule has 7 heteroatoms. The molecule has 1 aromatic carbocycles. The van der Waals surface area contributed by atoms with Gasteiger partial charge in [-0.05, 0) is 47.4 Å². The third-order valence-electron chi connectivity index (χ3n) is 4.17. The average Bonchev–Trinajstić information content (AvgIpc) is 2.96. The van der Waals surface area contributed by atoms with E-state index in [4.69, 9.17) is 5.11 Å². The molecule has 3 aromatic rings. The van der Waals surface area contributed by atoms with E-state index < -0.39 is 21.6 Å². The van der Waals surface area contributed by atoms with Gasteiger partial charge < -0.3 is 10.1 Å². The van der Waals surface area contributed by atoms with Gasteiger partial charge in [0.2, 0.25) is 0 Å². The molecule has 0 aliphatic heterocycles. The number of carbonyl (C=O) groups is 1. The molecule has 0 saturated carbocycles. The fraction of sp³-hybridized carbons (Fsp3) is 0.263. The van der Waals surface area contributed by atoms with E-state index >= 15 is 0 Å². The van der Waals surface area contributed by atoms with Crippen molar-refractivity contribution in [3.05, 3.63) is 48.2 Å². The molecule has 0 aliphatic carbocycles. The van der Waals surface area contributed by atoms with Gasteiger partial charge in [0.15, 0.2) is 15.6 Å². The van der Waals surface area contributed by atoms with Crippen molar-refractivity contribution < 1.29 is 18.3 Å². The number of aromatic nitrogens is 2. The Labute approximate surface area is 151 Å². The maximum absolute atomic E-state index is 12.1. The molecule has 2 N–H and O–H groups in total. The van der Waals surface area contributed by atoms with Crippen LogP contribution in [0.2, 0.25) is 0 Å². The molecule has 0 fully saturated rings. The predicted molar refractivity (Wildman–Crippen MR) is 99.9 cm³/mol. The number of nitrogens with zero attached hydrogens (tertiary/aromatic N) is 1. The summed E-state index contributed by atoms with van der Waals surface area (Å²) < 4.78 is 24.2. The van der Waals surface area contributed by atoms with Crippen LogP contribution in [0.4, 0.5) is 0 Å². The van der Waals surface area contributed by atoms with Crippen LogP contribution in [0, 0.1) is 0 Å². The summed E-state index contributed by atoms with van der Waals surface area (Å²) >= 11 is 0. The number of nitrogens with one attached hydrogen (secondary N) is 1. The number of benzene rings is 1. The zero-order valence-corrected chi connectivity index (χ0v) is 15.6. The molecule has 0 aliphatic rings.